The predicted molar refractivity (Wildman–Crippen MR) is 78.4 cm³/mol. The second kappa shape index (κ2) is 8.59. The highest BCUT2D eigenvalue weighted by Crippen LogP contribution is 2.17. The van der Waals surface area contributed by atoms with Crippen LogP contribution in [-0.2, 0) is 4.74 Å². The van der Waals surface area contributed by atoms with E-state index in [1.165, 1.54) is 0 Å². The number of aromatic carboxylic acids is 1. The molecule has 0 aliphatic heterocycles. The molecule has 0 saturated heterocycles. The SMILES string of the molecule is CCCCOC[C@@H](C)[C@@H](C)Oc1ccc(C(=O)O)cc1. The summed E-state index contributed by atoms with van der Waals surface area (Å²) in [5, 5.41) is 8.83. The maximum atomic E-state index is 10.8. The van der Waals surface area contributed by atoms with E-state index in [9.17, 15) is 4.79 Å². The molecule has 0 unspecified atom stereocenters. The fourth-order valence-corrected chi connectivity index (χ4v) is 1.66. The molecule has 0 bridgehead atoms. The van der Waals surface area contributed by atoms with Crippen LogP contribution in [0.5, 0.6) is 5.75 Å². The van der Waals surface area contributed by atoms with E-state index in [0.29, 0.717) is 12.4 Å². The van der Waals surface area contributed by atoms with Gasteiger partial charge in [0.2, 0.25) is 0 Å². The van der Waals surface area contributed by atoms with Crippen LogP contribution in [0.4, 0.5) is 0 Å². The fourth-order valence-electron chi connectivity index (χ4n) is 1.66. The van der Waals surface area contributed by atoms with Crippen molar-refractivity contribution in [3.8, 4) is 5.75 Å². The van der Waals surface area contributed by atoms with Gasteiger partial charge in [-0.05, 0) is 37.6 Å². The molecule has 0 fully saturated rings. The third kappa shape index (κ3) is 5.61. The van der Waals surface area contributed by atoms with Crippen LogP contribution in [0.3, 0.4) is 0 Å². The lowest BCUT2D eigenvalue weighted by Crippen LogP contribution is -2.25. The maximum Gasteiger partial charge on any atom is 0.335 e. The summed E-state index contributed by atoms with van der Waals surface area (Å²) in [6.45, 7) is 7.69. The van der Waals surface area contributed by atoms with Crippen LogP contribution in [0.1, 0.15) is 44.0 Å². The highest BCUT2D eigenvalue weighted by Gasteiger charge is 2.14. The number of hydrogen-bond acceptors (Lipinski definition) is 3. The maximum absolute atomic E-state index is 10.8. The van der Waals surface area contributed by atoms with Crippen LogP contribution in [0.25, 0.3) is 0 Å². The van der Waals surface area contributed by atoms with E-state index >= 15 is 0 Å². The molecule has 0 saturated carbocycles. The van der Waals surface area contributed by atoms with E-state index in [-0.39, 0.29) is 17.6 Å². The number of hydrogen-bond donors (Lipinski definition) is 1. The van der Waals surface area contributed by atoms with E-state index in [1.807, 2.05) is 6.92 Å². The summed E-state index contributed by atoms with van der Waals surface area (Å²) in [4.78, 5) is 10.8. The molecule has 0 radical (unpaired) electrons. The van der Waals surface area contributed by atoms with Gasteiger partial charge in [-0.1, -0.05) is 20.3 Å². The summed E-state index contributed by atoms with van der Waals surface area (Å²) >= 11 is 0. The van der Waals surface area contributed by atoms with Crippen molar-refractivity contribution in [3.63, 3.8) is 0 Å². The lowest BCUT2D eigenvalue weighted by atomic mass is 10.1. The molecule has 2 atom stereocenters. The zero-order valence-electron chi connectivity index (χ0n) is 12.5. The minimum atomic E-state index is -0.928. The van der Waals surface area contributed by atoms with Gasteiger partial charge >= 0.3 is 5.97 Å². The number of benzene rings is 1. The molecule has 0 heterocycles. The molecular weight excluding hydrogens is 256 g/mol. The molecule has 20 heavy (non-hydrogen) atoms. The zero-order chi connectivity index (χ0) is 15.0. The number of unbranched alkanes of at least 4 members (excludes halogenated alkanes) is 1. The van der Waals surface area contributed by atoms with Gasteiger partial charge in [-0.15, -0.1) is 0 Å². The molecular formula is C16H24O4. The van der Waals surface area contributed by atoms with Gasteiger partial charge < -0.3 is 14.6 Å². The number of carboxylic acids is 1. The number of carboxylic acid groups (broad SMARTS) is 1. The van der Waals surface area contributed by atoms with Crippen LogP contribution in [-0.4, -0.2) is 30.4 Å². The minimum Gasteiger partial charge on any atom is -0.490 e. The molecule has 0 aromatic heterocycles. The van der Waals surface area contributed by atoms with Crippen molar-refractivity contribution >= 4 is 5.97 Å². The summed E-state index contributed by atoms with van der Waals surface area (Å²) < 4.78 is 11.4. The molecule has 0 spiro atoms. The van der Waals surface area contributed by atoms with Crippen molar-refractivity contribution in [1.82, 2.24) is 0 Å². The monoisotopic (exact) mass is 280 g/mol. The Labute approximate surface area is 120 Å². The average molecular weight is 280 g/mol. The van der Waals surface area contributed by atoms with Gasteiger partial charge in [0.05, 0.1) is 12.2 Å². The summed E-state index contributed by atoms with van der Waals surface area (Å²) in [6, 6.07) is 6.47. The molecule has 1 N–H and O–H groups in total. The van der Waals surface area contributed by atoms with Gasteiger partial charge in [0.1, 0.15) is 11.9 Å². The second-order valence-electron chi connectivity index (χ2n) is 5.06. The molecule has 0 aliphatic carbocycles. The third-order valence-corrected chi connectivity index (χ3v) is 3.25. The molecule has 112 valence electrons. The summed E-state index contributed by atoms with van der Waals surface area (Å²) in [5.41, 5.74) is 0.265. The van der Waals surface area contributed by atoms with Gasteiger partial charge in [-0.3, -0.25) is 0 Å². The van der Waals surface area contributed by atoms with Gasteiger partial charge in [0.25, 0.3) is 0 Å². The predicted octanol–water partition coefficient (Wildman–Crippen LogP) is 3.60. The first-order chi connectivity index (χ1) is 9.54. The highest BCUT2D eigenvalue weighted by molar-refractivity contribution is 5.87. The Bertz CT molecular complexity index is 399. The first-order valence-corrected chi connectivity index (χ1v) is 7.12. The highest BCUT2D eigenvalue weighted by atomic mass is 16.5. The Kier molecular flexibility index (Phi) is 7.09. The second-order valence-corrected chi connectivity index (χ2v) is 5.06. The molecule has 0 aliphatic rings. The Morgan fingerprint density at radius 1 is 1.25 bits per heavy atom. The molecule has 0 amide bonds. The largest absolute Gasteiger partial charge is 0.490 e. The minimum absolute atomic E-state index is 0.0207. The van der Waals surface area contributed by atoms with Crippen LogP contribution >= 0.6 is 0 Å². The van der Waals surface area contributed by atoms with Crippen molar-refractivity contribution in [3.05, 3.63) is 29.8 Å². The lowest BCUT2D eigenvalue weighted by molar-refractivity contribution is 0.0535. The normalized spacial score (nSPS) is 13.8. The van der Waals surface area contributed by atoms with E-state index in [1.54, 1.807) is 24.3 Å². The van der Waals surface area contributed by atoms with Crippen LogP contribution in [0.15, 0.2) is 24.3 Å². The van der Waals surface area contributed by atoms with E-state index < -0.39 is 5.97 Å². The van der Waals surface area contributed by atoms with E-state index in [0.717, 1.165) is 19.4 Å². The average Bonchev–Trinajstić information content (AvgIpc) is 2.44. The van der Waals surface area contributed by atoms with Crippen molar-refractivity contribution in [2.24, 2.45) is 5.92 Å². The Hall–Kier alpha value is -1.55. The van der Waals surface area contributed by atoms with Crippen molar-refractivity contribution in [2.75, 3.05) is 13.2 Å². The van der Waals surface area contributed by atoms with Gasteiger partial charge in [-0.2, -0.15) is 0 Å². The van der Waals surface area contributed by atoms with Crippen molar-refractivity contribution in [2.45, 2.75) is 39.7 Å². The van der Waals surface area contributed by atoms with Crippen LogP contribution in [0.2, 0.25) is 0 Å². The standard InChI is InChI=1S/C16H24O4/c1-4-5-10-19-11-12(2)13(3)20-15-8-6-14(7-9-15)16(17)18/h6-9,12-13H,4-5,10-11H2,1-3H3,(H,17,18)/t12-,13-/m1/s1. The zero-order valence-corrected chi connectivity index (χ0v) is 12.5. The van der Waals surface area contributed by atoms with Crippen molar-refractivity contribution < 1.29 is 19.4 Å². The molecule has 1 aromatic rings. The van der Waals surface area contributed by atoms with E-state index in [2.05, 4.69) is 13.8 Å². The molecule has 4 nitrogen and oxygen atoms in total. The van der Waals surface area contributed by atoms with E-state index in [4.69, 9.17) is 14.6 Å². The summed E-state index contributed by atoms with van der Waals surface area (Å²) in [5.74, 6) is 0.0382. The molecule has 1 rings (SSSR count). The first kappa shape index (κ1) is 16.5. The number of carbonyl (C=O) groups is 1. The molecule has 4 heteroatoms. The fraction of sp³-hybridized carbons (Fsp3) is 0.562. The van der Waals surface area contributed by atoms with Gasteiger partial charge in [-0.25, -0.2) is 4.79 Å². The quantitative estimate of drug-likeness (QED) is 0.702. The summed E-state index contributed by atoms with van der Waals surface area (Å²) in [7, 11) is 0. The van der Waals surface area contributed by atoms with Crippen LogP contribution < -0.4 is 4.74 Å². The third-order valence-electron chi connectivity index (χ3n) is 3.25. The first-order valence-electron chi connectivity index (χ1n) is 7.12. The summed E-state index contributed by atoms with van der Waals surface area (Å²) in [6.07, 6.45) is 2.24. The van der Waals surface area contributed by atoms with Gasteiger partial charge in [0.15, 0.2) is 0 Å². The molecule has 1 aromatic carbocycles. The van der Waals surface area contributed by atoms with Crippen LogP contribution in [0, 0.1) is 5.92 Å². The smallest absolute Gasteiger partial charge is 0.335 e. The lowest BCUT2D eigenvalue weighted by Gasteiger charge is -2.21. The number of ether oxygens (including phenoxy) is 2. The Morgan fingerprint density at radius 2 is 1.90 bits per heavy atom. The van der Waals surface area contributed by atoms with Gasteiger partial charge in [0, 0.05) is 12.5 Å². The number of rotatable bonds is 9. The topological polar surface area (TPSA) is 55.8 Å². The Balaban J connectivity index is 2.40. The van der Waals surface area contributed by atoms with Crippen molar-refractivity contribution in [1.29, 1.82) is 0 Å². The Morgan fingerprint density at radius 3 is 2.45 bits per heavy atom.